The monoisotopic (exact) mass is 298 g/mol. The number of rotatable bonds is 16. The van der Waals surface area contributed by atoms with Gasteiger partial charge in [0.05, 0.1) is 0 Å². The van der Waals surface area contributed by atoms with Gasteiger partial charge in [0.2, 0.25) is 0 Å². The molecule has 0 aliphatic rings. The Morgan fingerprint density at radius 2 is 1.14 bits per heavy atom. The quantitative estimate of drug-likeness (QED) is 0.327. The van der Waals surface area contributed by atoms with Crippen molar-refractivity contribution in [1.82, 2.24) is 0 Å². The third-order valence-corrected chi connectivity index (χ3v) is 4.43. The zero-order valence-electron chi connectivity index (χ0n) is 14.5. The summed E-state index contributed by atoms with van der Waals surface area (Å²) in [6, 6.07) is 0. The lowest BCUT2D eigenvalue weighted by Gasteiger charge is -2.16. The maximum absolute atomic E-state index is 10.6. The number of hydrogen-bond acceptors (Lipinski definition) is 1. The number of hydrogen-bond donors (Lipinski definition) is 1. The summed E-state index contributed by atoms with van der Waals surface area (Å²) in [5.41, 5.74) is 0. The van der Waals surface area contributed by atoms with Crippen molar-refractivity contribution in [2.24, 2.45) is 5.92 Å². The van der Waals surface area contributed by atoms with E-state index in [1.54, 1.807) is 0 Å². The van der Waals surface area contributed by atoms with E-state index < -0.39 is 5.97 Å². The summed E-state index contributed by atoms with van der Waals surface area (Å²) in [4.78, 5) is 10.6. The predicted octanol–water partition coefficient (Wildman–Crippen LogP) is 6.58. The molecule has 126 valence electrons. The maximum Gasteiger partial charge on any atom is 0.303 e. The van der Waals surface area contributed by atoms with Gasteiger partial charge in [0.1, 0.15) is 0 Å². The molecule has 0 amide bonds. The molecule has 0 rings (SSSR count). The number of unbranched alkanes of at least 4 members (excludes halogenated alkanes) is 8. The van der Waals surface area contributed by atoms with Crippen molar-refractivity contribution in [2.75, 3.05) is 0 Å². The molecular formula is C19H38O2. The molecule has 0 heterocycles. The first-order chi connectivity index (χ1) is 10.2. The number of carboxylic acid groups (broad SMARTS) is 1. The molecule has 0 aromatic rings. The summed E-state index contributed by atoms with van der Waals surface area (Å²) >= 11 is 0. The van der Waals surface area contributed by atoms with E-state index in [0.29, 0.717) is 6.42 Å². The minimum absolute atomic E-state index is 0.349. The minimum atomic E-state index is -0.641. The highest BCUT2D eigenvalue weighted by Crippen LogP contribution is 2.23. The molecule has 0 aliphatic carbocycles. The average Bonchev–Trinajstić information content (AvgIpc) is 2.45. The van der Waals surface area contributed by atoms with E-state index in [9.17, 15) is 4.79 Å². The van der Waals surface area contributed by atoms with Crippen LogP contribution in [0.4, 0.5) is 0 Å². The molecule has 2 heteroatoms. The normalized spacial score (nSPS) is 12.5. The second-order valence-electron chi connectivity index (χ2n) is 6.56. The molecule has 1 atom stereocenters. The molecule has 21 heavy (non-hydrogen) atoms. The summed E-state index contributed by atoms with van der Waals surface area (Å²) in [6.07, 6.45) is 18.5. The second-order valence-corrected chi connectivity index (χ2v) is 6.56. The van der Waals surface area contributed by atoms with Gasteiger partial charge in [0.15, 0.2) is 0 Å². The molecule has 0 fully saturated rings. The van der Waals surface area contributed by atoms with Gasteiger partial charge < -0.3 is 5.11 Å². The van der Waals surface area contributed by atoms with Gasteiger partial charge in [-0.1, -0.05) is 90.9 Å². The van der Waals surface area contributed by atoms with Gasteiger partial charge in [-0.3, -0.25) is 4.79 Å². The van der Waals surface area contributed by atoms with E-state index in [1.165, 1.54) is 77.0 Å². The lowest BCUT2D eigenvalue weighted by Crippen LogP contribution is -2.03. The van der Waals surface area contributed by atoms with Gasteiger partial charge in [-0.25, -0.2) is 0 Å². The van der Waals surface area contributed by atoms with Crippen molar-refractivity contribution in [1.29, 1.82) is 0 Å². The Kier molecular flexibility index (Phi) is 15.5. The van der Waals surface area contributed by atoms with E-state index in [0.717, 1.165) is 18.8 Å². The first-order valence-electron chi connectivity index (χ1n) is 9.42. The van der Waals surface area contributed by atoms with Crippen molar-refractivity contribution in [3.8, 4) is 0 Å². The molecule has 0 spiro atoms. The SMILES string of the molecule is CCCCCCCCCC(CCCCC)CCCC(=O)O. The van der Waals surface area contributed by atoms with E-state index >= 15 is 0 Å². The van der Waals surface area contributed by atoms with Crippen molar-refractivity contribution >= 4 is 5.97 Å². The maximum atomic E-state index is 10.6. The van der Waals surface area contributed by atoms with Crippen LogP contribution in [0, 0.1) is 5.92 Å². The zero-order chi connectivity index (χ0) is 15.8. The molecule has 0 saturated carbocycles. The Labute approximate surface area is 132 Å². The number of aliphatic carboxylic acids is 1. The fourth-order valence-electron chi connectivity index (χ4n) is 3.05. The smallest absolute Gasteiger partial charge is 0.303 e. The average molecular weight is 299 g/mol. The highest BCUT2D eigenvalue weighted by Gasteiger charge is 2.09. The number of carbonyl (C=O) groups is 1. The van der Waals surface area contributed by atoms with Crippen LogP contribution in [0.5, 0.6) is 0 Å². The third-order valence-electron chi connectivity index (χ3n) is 4.43. The lowest BCUT2D eigenvalue weighted by molar-refractivity contribution is -0.137. The molecule has 0 aromatic carbocycles. The molecule has 2 nitrogen and oxygen atoms in total. The molecule has 0 aliphatic heterocycles. The van der Waals surface area contributed by atoms with Gasteiger partial charge in [-0.2, -0.15) is 0 Å². The van der Waals surface area contributed by atoms with Crippen LogP contribution >= 0.6 is 0 Å². The van der Waals surface area contributed by atoms with Crippen LogP contribution in [0.15, 0.2) is 0 Å². The molecule has 1 unspecified atom stereocenters. The van der Waals surface area contributed by atoms with E-state index in [-0.39, 0.29) is 0 Å². The Hall–Kier alpha value is -0.530. The zero-order valence-corrected chi connectivity index (χ0v) is 14.5. The molecule has 0 aromatic heterocycles. The van der Waals surface area contributed by atoms with Gasteiger partial charge in [-0.05, 0) is 18.8 Å². The molecule has 0 saturated heterocycles. The van der Waals surface area contributed by atoms with Crippen LogP contribution < -0.4 is 0 Å². The molecule has 1 N–H and O–H groups in total. The second kappa shape index (κ2) is 15.9. The van der Waals surface area contributed by atoms with Crippen molar-refractivity contribution < 1.29 is 9.90 Å². The van der Waals surface area contributed by atoms with E-state index in [4.69, 9.17) is 5.11 Å². The summed E-state index contributed by atoms with van der Waals surface area (Å²) in [5.74, 6) is 0.129. The predicted molar refractivity (Wildman–Crippen MR) is 91.7 cm³/mol. The summed E-state index contributed by atoms with van der Waals surface area (Å²) < 4.78 is 0. The topological polar surface area (TPSA) is 37.3 Å². The molecule has 0 bridgehead atoms. The van der Waals surface area contributed by atoms with Crippen LogP contribution in [0.25, 0.3) is 0 Å². The Balaban J connectivity index is 3.68. The highest BCUT2D eigenvalue weighted by molar-refractivity contribution is 5.66. The van der Waals surface area contributed by atoms with Crippen LogP contribution in [0.1, 0.15) is 110 Å². The van der Waals surface area contributed by atoms with Crippen LogP contribution in [-0.4, -0.2) is 11.1 Å². The Bertz CT molecular complexity index is 226. The fraction of sp³-hybridized carbons (Fsp3) is 0.947. The minimum Gasteiger partial charge on any atom is -0.481 e. The standard InChI is InChI=1S/C19H38O2/c1-3-5-7-8-9-10-12-15-18(14-11-6-4-2)16-13-17-19(20)21/h18H,3-17H2,1-2H3,(H,20,21). The van der Waals surface area contributed by atoms with Gasteiger partial charge >= 0.3 is 5.97 Å². The number of carboxylic acids is 1. The first kappa shape index (κ1) is 20.5. The Morgan fingerprint density at radius 1 is 0.714 bits per heavy atom. The fourth-order valence-corrected chi connectivity index (χ4v) is 3.05. The summed E-state index contributed by atoms with van der Waals surface area (Å²) in [5, 5.41) is 8.76. The van der Waals surface area contributed by atoms with Crippen molar-refractivity contribution in [2.45, 2.75) is 110 Å². The van der Waals surface area contributed by atoms with Crippen LogP contribution in [0.2, 0.25) is 0 Å². The van der Waals surface area contributed by atoms with Gasteiger partial charge in [0, 0.05) is 6.42 Å². The molecular weight excluding hydrogens is 260 g/mol. The third kappa shape index (κ3) is 15.7. The van der Waals surface area contributed by atoms with Crippen molar-refractivity contribution in [3.63, 3.8) is 0 Å². The first-order valence-corrected chi connectivity index (χ1v) is 9.42. The van der Waals surface area contributed by atoms with Gasteiger partial charge in [-0.15, -0.1) is 0 Å². The largest absolute Gasteiger partial charge is 0.481 e. The van der Waals surface area contributed by atoms with Crippen LogP contribution in [-0.2, 0) is 4.79 Å². The lowest BCUT2D eigenvalue weighted by atomic mass is 9.90. The van der Waals surface area contributed by atoms with Crippen LogP contribution in [0.3, 0.4) is 0 Å². The summed E-state index contributed by atoms with van der Waals surface area (Å²) in [6.45, 7) is 4.51. The Morgan fingerprint density at radius 3 is 1.71 bits per heavy atom. The van der Waals surface area contributed by atoms with E-state index in [1.807, 2.05) is 0 Å². The highest BCUT2D eigenvalue weighted by atomic mass is 16.4. The van der Waals surface area contributed by atoms with Crippen molar-refractivity contribution in [3.05, 3.63) is 0 Å². The van der Waals surface area contributed by atoms with E-state index in [2.05, 4.69) is 13.8 Å². The van der Waals surface area contributed by atoms with Gasteiger partial charge in [0.25, 0.3) is 0 Å². The molecule has 0 radical (unpaired) electrons. The summed E-state index contributed by atoms with van der Waals surface area (Å²) in [7, 11) is 0.